The number of carbonyl (C=O) groups is 1. The van der Waals surface area contributed by atoms with E-state index < -0.39 is 0 Å². The van der Waals surface area contributed by atoms with E-state index in [-0.39, 0.29) is 5.78 Å². The fraction of sp³-hybridized carbons (Fsp3) is 0.261. The van der Waals surface area contributed by atoms with Gasteiger partial charge in [0.2, 0.25) is 0 Å². The van der Waals surface area contributed by atoms with Gasteiger partial charge >= 0.3 is 0 Å². The highest BCUT2D eigenvalue weighted by atomic mass is 16.5. The summed E-state index contributed by atoms with van der Waals surface area (Å²) in [7, 11) is 1.87. The zero-order chi connectivity index (χ0) is 20.2. The topological polar surface area (TPSA) is 72.8 Å². The highest BCUT2D eigenvalue weighted by molar-refractivity contribution is 5.95. The molecule has 0 aliphatic rings. The van der Waals surface area contributed by atoms with Crippen LogP contribution in [0.3, 0.4) is 0 Å². The molecular formula is C23H24N4O2. The van der Waals surface area contributed by atoms with Gasteiger partial charge in [-0.2, -0.15) is 5.10 Å². The molecule has 0 aliphatic heterocycles. The number of H-pyrrole nitrogens is 1. The summed E-state index contributed by atoms with van der Waals surface area (Å²) >= 11 is 0. The molecule has 148 valence electrons. The number of benzene rings is 1. The molecule has 4 aromatic rings. The quantitative estimate of drug-likeness (QED) is 0.456. The number of aromatic nitrogens is 4. The van der Waals surface area contributed by atoms with Gasteiger partial charge < -0.3 is 9.72 Å². The smallest absolute Gasteiger partial charge is 0.183 e. The van der Waals surface area contributed by atoms with Gasteiger partial charge in [0, 0.05) is 54.6 Å². The maximum atomic E-state index is 12.6. The van der Waals surface area contributed by atoms with E-state index in [4.69, 9.17) is 4.74 Å². The summed E-state index contributed by atoms with van der Waals surface area (Å²) in [6, 6.07) is 14.1. The van der Waals surface area contributed by atoms with E-state index in [9.17, 15) is 4.79 Å². The lowest BCUT2D eigenvalue weighted by Gasteiger charge is -2.01. The van der Waals surface area contributed by atoms with Crippen LogP contribution in [0.25, 0.3) is 22.2 Å². The first kappa shape index (κ1) is 19.1. The second kappa shape index (κ2) is 8.41. The van der Waals surface area contributed by atoms with Crippen molar-refractivity contribution in [3.05, 3.63) is 71.8 Å². The van der Waals surface area contributed by atoms with Gasteiger partial charge in [-0.05, 0) is 55.3 Å². The van der Waals surface area contributed by atoms with Gasteiger partial charge in [-0.25, -0.2) is 0 Å². The first-order valence-electron chi connectivity index (χ1n) is 9.80. The predicted molar refractivity (Wildman–Crippen MR) is 113 cm³/mol. The van der Waals surface area contributed by atoms with Crippen LogP contribution in [0.4, 0.5) is 0 Å². The zero-order valence-corrected chi connectivity index (χ0v) is 16.7. The Morgan fingerprint density at radius 1 is 1.14 bits per heavy atom. The summed E-state index contributed by atoms with van der Waals surface area (Å²) in [5.74, 6) is 0.0467. The highest BCUT2D eigenvalue weighted by Gasteiger charge is 2.15. The number of hydrogen-bond acceptors (Lipinski definition) is 4. The molecular weight excluding hydrogens is 364 g/mol. The molecule has 0 bridgehead atoms. The fourth-order valence-corrected chi connectivity index (χ4v) is 3.45. The molecule has 0 saturated heterocycles. The first-order chi connectivity index (χ1) is 14.1. The number of ether oxygens (including phenoxy) is 1. The molecule has 6 heteroatoms. The van der Waals surface area contributed by atoms with Crippen LogP contribution < -0.4 is 0 Å². The van der Waals surface area contributed by atoms with Crippen LogP contribution in [-0.2, 0) is 24.8 Å². The van der Waals surface area contributed by atoms with Crippen molar-refractivity contribution in [3.8, 4) is 11.3 Å². The lowest BCUT2D eigenvalue weighted by Crippen LogP contribution is -2.03. The number of Topliss-reactive ketones (excluding diaryl/α,β-unsaturated/α-hetero) is 1. The van der Waals surface area contributed by atoms with E-state index in [1.807, 2.05) is 38.2 Å². The lowest BCUT2D eigenvalue weighted by molar-refractivity contribution is 0.0977. The van der Waals surface area contributed by atoms with Crippen LogP contribution in [0.1, 0.15) is 35.1 Å². The molecule has 4 rings (SSSR count). The third-order valence-corrected chi connectivity index (χ3v) is 4.99. The minimum atomic E-state index is 0.0467. The Kier molecular flexibility index (Phi) is 5.53. The van der Waals surface area contributed by atoms with Crippen LogP contribution in [0, 0.1) is 0 Å². The minimum absolute atomic E-state index is 0.0467. The summed E-state index contributed by atoms with van der Waals surface area (Å²) in [6.07, 6.45) is 4.61. The normalized spacial score (nSPS) is 11.2. The molecule has 3 heterocycles. The number of aryl methyl sites for hydroxylation is 2. The number of pyridine rings is 1. The average Bonchev–Trinajstić information content (AvgIpc) is 3.33. The van der Waals surface area contributed by atoms with Crippen LogP contribution >= 0.6 is 0 Å². The molecule has 0 amide bonds. The molecule has 1 N–H and O–H groups in total. The van der Waals surface area contributed by atoms with Gasteiger partial charge in [0.05, 0.1) is 12.3 Å². The molecule has 0 saturated carbocycles. The number of rotatable bonds is 8. The number of carbonyl (C=O) groups excluding carboxylic acids is 1. The Hall–Kier alpha value is -3.25. The summed E-state index contributed by atoms with van der Waals surface area (Å²) in [5, 5.41) is 5.57. The van der Waals surface area contributed by atoms with Crippen molar-refractivity contribution >= 4 is 16.7 Å². The van der Waals surface area contributed by atoms with Crippen molar-refractivity contribution in [1.82, 2.24) is 19.7 Å². The number of nitrogens with one attached hydrogen (secondary N) is 1. The second-order valence-corrected chi connectivity index (χ2v) is 7.05. The second-order valence-electron chi connectivity index (χ2n) is 7.05. The van der Waals surface area contributed by atoms with Crippen LogP contribution in [0.15, 0.2) is 54.9 Å². The highest BCUT2D eigenvalue weighted by Crippen LogP contribution is 2.26. The molecule has 1 aromatic carbocycles. The standard InChI is InChI=1S/C23H24N4O2/c1-3-29-15-19-13-18-12-17(5-6-20(18)25-19)22-14-21(26-27(22)2)23(28)7-4-16-8-10-24-11-9-16/h5-6,8-14,25H,3-4,7,15H2,1-2H3. The number of fused-ring (bicyclic) bond motifs is 1. The Bertz CT molecular complexity index is 1130. The third kappa shape index (κ3) is 4.27. The minimum Gasteiger partial charge on any atom is -0.376 e. The lowest BCUT2D eigenvalue weighted by atomic mass is 10.1. The van der Waals surface area contributed by atoms with Crippen LogP contribution in [0.5, 0.6) is 0 Å². The van der Waals surface area contributed by atoms with Crippen molar-refractivity contribution in [2.24, 2.45) is 7.05 Å². The van der Waals surface area contributed by atoms with E-state index in [0.717, 1.165) is 33.4 Å². The zero-order valence-electron chi connectivity index (χ0n) is 16.7. The van der Waals surface area contributed by atoms with E-state index in [1.165, 1.54) is 0 Å². The average molecular weight is 388 g/mol. The van der Waals surface area contributed by atoms with Gasteiger partial charge in [0.15, 0.2) is 5.78 Å². The molecule has 29 heavy (non-hydrogen) atoms. The van der Waals surface area contributed by atoms with E-state index in [1.54, 1.807) is 17.1 Å². The number of ketones is 1. The Balaban J connectivity index is 1.53. The van der Waals surface area contributed by atoms with E-state index >= 15 is 0 Å². The van der Waals surface area contributed by atoms with Crippen molar-refractivity contribution in [1.29, 1.82) is 0 Å². The Labute approximate surface area is 169 Å². The largest absolute Gasteiger partial charge is 0.376 e. The van der Waals surface area contributed by atoms with Crippen LogP contribution in [0.2, 0.25) is 0 Å². The predicted octanol–water partition coefficient (Wildman–Crippen LogP) is 4.32. The Morgan fingerprint density at radius 3 is 2.76 bits per heavy atom. The van der Waals surface area contributed by atoms with Gasteiger partial charge in [0.25, 0.3) is 0 Å². The summed E-state index contributed by atoms with van der Waals surface area (Å²) in [6.45, 7) is 3.25. The van der Waals surface area contributed by atoms with Gasteiger partial charge in [-0.1, -0.05) is 6.07 Å². The van der Waals surface area contributed by atoms with Crippen molar-refractivity contribution in [2.75, 3.05) is 6.61 Å². The molecule has 3 aromatic heterocycles. The molecule has 6 nitrogen and oxygen atoms in total. The summed E-state index contributed by atoms with van der Waals surface area (Å²) in [5.41, 5.74) is 5.68. The van der Waals surface area contributed by atoms with E-state index in [0.29, 0.717) is 31.7 Å². The molecule has 0 unspecified atom stereocenters. The third-order valence-electron chi connectivity index (χ3n) is 4.99. The van der Waals surface area contributed by atoms with Gasteiger partial charge in [-0.15, -0.1) is 0 Å². The van der Waals surface area contributed by atoms with Crippen molar-refractivity contribution in [2.45, 2.75) is 26.4 Å². The first-order valence-corrected chi connectivity index (χ1v) is 9.80. The Morgan fingerprint density at radius 2 is 1.97 bits per heavy atom. The number of nitrogens with zero attached hydrogens (tertiary/aromatic N) is 3. The molecule has 0 spiro atoms. The molecule has 0 atom stereocenters. The maximum absolute atomic E-state index is 12.6. The SMILES string of the molecule is CCOCc1cc2cc(-c3cc(C(=O)CCc4ccncc4)nn3C)ccc2[nH]1. The number of hydrogen-bond donors (Lipinski definition) is 1. The molecule has 0 aliphatic carbocycles. The van der Waals surface area contributed by atoms with E-state index in [2.05, 4.69) is 33.3 Å². The van der Waals surface area contributed by atoms with Gasteiger partial charge in [0.1, 0.15) is 5.69 Å². The van der Waals surface area contributed by atoms with Crippen LogP contribution in [-0.4, -0.2) is 32.1 Å². The van der Waals surface area contributed by atoms with Crippen molar-refractivity contribution < 1.29 is 9.53 Å². The maximum Gasteiger partial charge on any atom is 0.183 e. The summed E-state index contributed by atoms with van der Waals surface area (Å²) < 4.78 is 7.25. The fourth-order valence-electron chi connectivity index (χ4n) is 3.45. The van der Waals surface area contributed by atoms with Gasteiger partial charge in [-0.3, -0.25) is 14.5 Å². The monoisotopic (exact) mass is 388 g/mol. The molecule has 0 fully saturated rings. The number of aromatic amines is 1. The van der Waals surface area contributed by atoms with Crippen molar-refractivity contribution in [3.63, 3.8) is 0 Å². The summed E-state index contributed by atoms with van der Waals surface area (Å²) in [4.78, 5) is 20.0. The molecule has 0 radical (unpaired) electrons.